The van der Waals surface area contributed by atoms with E-state index < -0.39 is 5.91 Å². The van der Waals surface area contributed by atoms with Crippen molar-refractivity contribution >= 4 is 23.2 Å². The van der Waals surface area contributed by atoms with E-state index in [9.17, 15) is 4.79 Å². The third-order valence-corrected chi connectivity index (χ3v) is 2.65. The van der Waals surface area contributed by atoms with E-state index >= 15 is 0 Å². The van der Waals surface area contributed by atoms with Crippen LogP contribution in [0.2, 0.25) is 5.02 Å². The standard InChI is InChI=1S/C11H10ClN3O2/c1-6-8(12)4-3-5-9(6)13-10(16)11-15-14-7(2)17-11/h3-5H,1-2H3,(H,13,16). The Kier molecular flexibility index (Phi) is 3.10. The molecule has 2 aromatic rings. The monoisotopic (exact) mass is 251 g/mol. The minimum absolute atomic E-state index is 0.0677. The van der Waals surface area contributed by atoms with E-state index in [0.717, 1.165) is 5.56 Å². The van der Waals surface area contributed by atoms with Gasteiger partial charge in [-0.2, -0.15) is 0 Å². The van der Waals surface area contributed by atoms with Crippen LogP contribution < -0.4 is 5.32 Å². The summed E-state index contributed by atoms with van der Waals surface area (Å²) >= 11 is 5.94. The summed E-state index contributed by atoms with van der Waals surface area (Å²) in [5.41, 5.74) is 1.41. The molecule has 2 rings (SSSR count). The molecular formula is C11H10ClN3O2. The van der Waals surface area contributed by atoms with Crippen LogP contribution in [0.25, 0.3) is 0 Å². The number of amides is 1. The predicted molar refractivity (Wildman–Crippen MR) is 63.2 cm³/mol. The minimum Gasteiger partial charge on any atom is -0.417 e. The Balaban J connectivity index is 2.21. The van der Waals surface area contributed by atoms with Crippen LogP contribution in [0.15, 0.2) is 22.6 Å². The number of anilines is 1. The third-order valence-electron chi connectivity index (χ3n) is 2.24. The lowest BCUT2D eigenvalue weighted by molar-refractivity contribution is 0.0989. The van der Waals surface area contributed by atoms with Gasteiger partial charge in [0, 0.05) is 17.6 Å². The molecule has 1 aromatic heterocycles. The van der Waals surface area contributed by atoms with Crippen molar-refractivity contribution < 1.29 is 9.21 Å². The molecule has 0 radical (unpaired) electrons. The summed E-state index contributed by atoms with van der Waals surface area (Å²) in [5, 5.41) is 10.5. The molecule has 0 fully saturated rings. The maximum absolute atomic E-state index is 11.7. The molecule has 0 saturated carbocycles. The van der Waals surface area contributed by atoms with Crippen molar-refractivity contribution in [2.24, 2.45) is 0 Å². The van der Waals surface area contributed by atoms with Crippen molar-refractivity contribution in [3.63, 3.8) is 0 Å². The highest BCUT2D eigenvalue weighted by Crippen LogP contribution is 2.23. The van der Waals surface area contributed by atoms with Crippen molar-refractivity contribution in [3.8, 4) is 0 Å². The van der Waals surface area contributed by atoms with E-state index in [4.69, 9.17) is 16.0 Å². The number of halogens is 1. The van der Waals surface area contributed by atoms with Gasteiger partial charge in [-0.1, -0.05) is 17.7 Å². The van der Waals surface area contributed by atoms with Crippen molar-refractivity contribution in [2.75, 3.05) is 5.32 Å². The second-order valence-electron chi connectivity index (χ2n) is 3.49. The lowest BCUT2D eigenvalue weighted by Crippen LogP contribution is -2.13. The van der Waals surface area contributed by atoms with Gasteiger partial charge < -0.3 is 9.73 Å². The Morgan fingerprint density at radius 3 is 2.76 bits per heavy atom. The normalized spacial score (nSPS) is 10.3. The number of hydrogen-bond acceptors (Lipinski definition) is 4. The van der Waals surface area contributed by atoms with Crippen molar-refractivity contribution in [1.82, 2.24) is 10.2 Å². The van der Waals surface area contributed by atoms with Crippen LogP contribution in [0.5, 0.6) is 0 Å². The van der Waals surface area contributed by atoms with Gasteiger partial charge in [-0.25, -0.2) is 0 Å². The first-order valence-corrected chi connectivity index (χ1v) is 5.32. The molecule has 1 heterocycles. The second kappa shape index (κ2) is 4.55. The quantitative estimate of drug-likeness (QED) is 0.891. The molecule has 0 unspecified atom stereocenters. The largest absolute Gasteiger partial charge is 0.417 e. The van der Waals surface area contributed by atoms with Crippen LogP contribution in [0.3, 0.4) is 0 Å². The summed E-state index contributed by atoms with van der Waals surface area (Å²) in [6, 6.07) is 5.26. The van der Waals surface area contributed by atoms with Gasteiger partial charge in [-0.05, 0) is 24.6 Å². The van der Waals surface area contributed by atoms with Crippen molar-refractivity contribution in [2.45, 2.75) is 13.8 Å². The van der Waals surface area contributed by atoms with Crippen LogP contribution in [0, 0.1) is 13.8 Å². The summed E-state index contributed by atoms with van der Waals surface area (Å²) in [6.07, 6.45) is 0. The molecule has 0 atom stereocenters. The molecule has 5 nitrogen and oxygen atoms in total. The molecular weight excluding hydrogens is 242 g/mol. The highest BCUT2D eigenvalue weighted by atomic mass is 35.5. The fraction of sp³-hybridized carbons (Fsp3) is 0.182. The fourth-order valence-electron chi connectivity index (χ4n) is 1.31. The van der Waals surface area contributed by atoms with E-state index in [0.29, 0.717) is 16.6 Å². The molecule has 1 amide bonds. The highest BCUT2D eigenvalue weighted by Gasteiger charge is 2.14. The van der Waals surface area contributed by atoms with Crippen LogP contribution in [-0.2, 0) is 0 Å². The number of aryl methyl sites for hydroxylation is 1. The zero-order chi connectivity index (χ0) is 12.4. The molecule has 0 saturated heterocycles. The van der Waals surface area contributed by atoms with E-state index in [1.165, 1.54) is 0 Å². The fourth-order valence-corrected chi connectivity index (χ4v) is 1.48. The number of aromatic nitrogens is 2. The molecule has 0 aliphatic rings. The Bertz CT molecular complexity index is 566. The lowest BCUT2D eigenvalue weighted by atomic mass is 10.2. The van der Waals surface area contributed by atoms with Gasteiger partial charge in [0.05, 0.1) is 0 Å². The average molecular weight is 252 g/mol. The van der Waals surface area contributed by atoms with Gasteiger partial charge in [0.1, 0.15) is 0 Å². The number of carbonyl (C=O) groups is 1. The molecule has 1 aromatic carbocycles. The maximum atomic E-state index is 11.7. The van der Waals surface area contributed by atoms with Crippen LogP contribution in [0.4, 0.5) is 5.69 Å². The van der Waals surface area contributed by atoms with Gasteiger partial charge >= 0.3 is 11.8 Å². The van der Waals surface area contributed by atoms with E-state index in [2.05, 4.69) is 15.5 Å². The van der Waals surface area contributed by atoms with Crippen molar-refractivity contribution in [1.29, 1.82) is 0 Å². The first kappa shape index (κ1) is 11.6. The van der Waals surface area contributed by atoms with Gasteiger partial charge in [0.15, 0.2) is 0 Å². The number of rotatable bonds is 2. The van der Waals surface area contributed by atoms with E-state index in [1.807, 2.05) is 6.92 Å². The maximum Gasteiger partial charge on any atom is 0.313 e. The van der Waals surface area contributed by atoms with Gasteiger partial charge in [-0.3, -0.25) is 4.79 Å². The van der Waals surface area contributed by atoms with Crippen LogP contribution in [-0.4, -0.2) is 16.1 Å². The molecule has 1 N–H and O–H groups in total. The molecule has 0 spiro atoms. The number of carbonyl (C=O) groups excluding carboxylic acids is 1. The first-order valence-electron chi connectivity index (χ1n) is 4.94. The van der Waals surface area contributed by atoms with Crippen LogP contribution in [0.1, 0.15) is 22.1 Å². The molecule has 88 valence electrons. The Morgan fingerprint density at radius 2 is 2.12 bits per heavy atom. The number of hydrogen-bond donors (Lipinski definition) is 1. The van der Waals surface area contributed by atoms with E-state index in [1.54, 1.807) is 25.1 Å². The van der Waals surface area contributed by atoms with Gasteiger partial charge in [-0.15, -0.1) is 10.2 Å². The Labute approximate surface area is 103 Å². The molecule has 0 bridgehead atoms. The smallest absolute Gasteiger partial charge is 0.313 e. The van der Waals surface area contributed by atoms with Gasteiger partial charge in [0.2, 0.25) is 5.89 Å². The molecule has 6 heteroatoms. The number of nitrogens with zero attached hydrogens (tertiary/aromatic N) is 2. The minimum atomic E-state index is -0.448. The van der Waals surface area contributed by atoms with E-state index in [-0.39, 0.29) is 5.89 Å². The predicted octanol–water partition coefficient (Wildman–Crippen LogP) is 2.59. The summed E-state index contributed by atoms with van der Waals surface area (Å²) in [7, 11) is 0. The molecule has 0 aliphatic carbocycles. The molecule has 17 heavy (non-hydrogen) atoms. The summed E-state index contributed by atoms with van der Waals surface area (Å²) < 4.78 is 5.02. The first-order chi connectivity index (χ1) is 8.08. The highest BCUT2D eigenvalue weighted by molar-refractivity contribution is 6.31. The Hall–Kier alpha value is -1.88. The Morgan fingerprint density at radius 1 is 1.35 bits per heavy atom. The van der Waals surface area contributed by atoms with Crippen LogP contribution >= 0.6 is 11.6 Å². The summed E-state index contributed by atoms with van der Waals surface area (Å²) in [4.78, 5) is 11.7. The second-order valence-corrected chi connectivity index (χ2v) is 3.90. The zero-order valence-electron chi connectivity index (χ0n) is 9.32. The number of benzene rings is 1. The zero-order valence-corrected chi connectivity index (χ0v) is 10.1. The SMILES string of the molecule is Cc1nnc(C(=O)Nc2cccc(Cl)c2C)o1. The van der Waals surface area contributed by atoms with Crippen molar-refractivity contribution in [3.05, 3.63) is 40.6 Å². The summed E-state index contributed by atoms with van der Waals surface area (Å²) in [6.45, 7) is 3.44. The third kappa shape index (κ3) is 2.45. The molecule has 0 aliphatic heterocycles. The number of nitrogens with one attached hydrogen (secondary N) is 1. The summed E-state index contributed by atoms with van der Waals surface area (Å²) in [5.74, 6) is -0.171. The lowest BCUT2D eigenvalue weighted by Gasteiger charge is -2.07. The van der Waals surface area contributed by atoms with Gasteiger partial charge in [0.25, 0.3) is 0 Å². The topological polar surface area (TPSA) is 68.0 Å². The average Bonchev–Trinajstić information content (AvgIpc) is 2.72.